The van der Waals surface area contributed by atoms with Gasteiger partial charge in [0.05, 0.1) is 12.2 Å². The zero-order chi connectivity index (χ0) is 18.6. The molecule has 4 rings (SSSR count). The Labute approximate surface area is 157 Å². The number of aromatic nitrogens is 1. The molecule has 0 saturated carbocycles. The van der Waals surface area contributed by atoms with Crippen LogP contribution in [-0.2, 0) is 11.2 Å². The minimum Gasteiger partial charge on any atom is -0.441 e. The summed E-state index contributed by atoms with van der Waals surface area (Å²) in [6, 6.07) is 16.3. The molecule has 1 aromatic heterocycles. The largest absolute Gasteiger partial charge is 0.441 e. The van der Waals surface area contributed by atoms with Gasteiger partial charge in [-0.05, 0) is 30.5 Å². The monoisotopic (exact) mass is 364 g/mol. The average Bonchev–Trinajstić information content (AvgIpc) is 3.37. The summed E-state index contributed by atoms with van der Waals surface area (Å²) in [4.78, 5) is 18.9. The van der Waals surface area contributed by atoms with Crippen molar-refractivity contribution in [3.8, 4) is 11.3 Å². The van der Waals surface area contributed by atoms with E-state index in [1.165, 1.54) is 12.1 Å². The van der Waals surface area contributed by atoms with E-state index in [0.29, 0.717) is 24.5 Å². The summed E-state index contributed by atoms with van der Waals surface area (Å²) >= 11 is 0. The molecule has 2 aromatic carbocycles. The van der Waals surface area contributed by atoms with E-state index in [4.69, 9.17) is 4.42 Å². The highest BCUT2D eigenvalue weighted by Gasteiger charge is 2.29. The van der Waals surface area contributed by atoms with Crippen LogP contribution in [-0.4, -0.2) is 22.3 Å². The Balaban J connectivity index is 1.39. The zero-order valence-electron chi connectivity index (χ0n) is 15.0. The fourth-order valence-electron chi connectivity index (χ4n) is 3.62. The first-order valence-electron chi connectivity index (χ1n) is 9.26. The van der Waals surface area contributed by atoms with E-state index in [1.807, 2.05) is 35.2 Å². The van der Waals surface area contributed by atoms with E-state index >= 15 is 0 Å². The number of likely N-dealkylation sites (tertiary alicyclic amines) is 1. The Hall–Kier alpha value is -2.95. The molecule has 0 unspecified atom stereocenters. The molecule has 0 spiro atoms. The molecule has 5 heteroatoms. The fraction of sp³-hybridized carbons (Fsp3) is 0.273. The standard InChI is InChI=1S/C22H21FN2O2/c23-18-10-8-16(9-11-18)19-7-4-14-25(19)22(26)13-12-21-24-15-20(27-21)17-5-2-1-3-6-17/h1-3,5-6,8-11,15,19H,4,7,12-14H2/t19-/m1/s1. The highest BCUT2D eigenvalue weighted by atomic mass is 19.1. The third-order valence-electron chi connectivity index (χ3n) is 4.99. The fourth-order valence-corrected chi connectivity index (χ4v) is 3.62. The van der Waals surface area contributed by atoms with E-state index in [1.54, 1.807) is 18.3 Å². The smallest absolute Gasteiger partial charge is 0.223 e. The number of carbonyl (C=O) groups excluding carboxylic acids is 1. The predicted octanol–water partition coefficient (Wildman–Crippen LogP) is 4.78. The van der Waals surface area contributed by atoms with Gasteiger partial charge in [-0.15, -0.1) is 0 Å². The van der Waals surface area contributed by atoms with Gasteiger partial charge in [-0.2, -0.15) is 0 Å². The van der Waals surface area contributed by atoms with E-state index in [9.17, 15) is 9.18 Å². The van der Waals surface area contributed by atoms with Crippen molar-refractivity contribution < 1.29 is 13.6 Å². The quantitative estimate of drug-likeness (QED) is 0.655. The second-order valence-electron chi connectivity index (χ2n) is 6.78. The van der Waals surface area contributed by atoms with Gasteiger partial charge in [0.25, 0.3) is 0 Å². The number of nitrogens with zero attached hydrogens (tertiary/aromatic N) is 2. The Kier molecular flexibility index (Phi) is 5.01. The first-order valence-corrected chi connectivity index (χ1v) is 9.26. The van der Waals surface area contributed by atoms with Gasteiger partial charge in [0.2, 0.25) is 5.91 Å². The van der Waals surface area contributed by atoms with Gasteiger partial charge >= 0.3 is 0 Å². The minimum atomic E-state index is -0.257. The van der Waals surface area contributed by atoms with Crippen molar-refractivity contribution in [3.63, 3.8) is 0 Å². The van der Waals surface area contributed by atoms with Crippen LogP contribution >= 0.6 is 0 Å². The van der Waals surface area contributed by atoms with Crippen LogP contribution in [0.5, 0.6) is 0 Å². The summed E-state index contributed by atoms with van der Waals surface area (Å²) in [6.45, 7) is 0.738. The summed E-state index contributed by atoms with van der Waals surface area (Å²) in [7, 11) is 0. The topological polar surface area (TPSA) is 46.3 Å². The molecule has 1 saturated heterocycles. The van der Waals surface area contributed by atoms with Crippen molar-refractivity contribution in [1.82, 2.24) is 9.88 Å². The second-order valence-corrected chi connectivity index (χ2v) is 6.78. The Morgan fingerprint density at radius 3 is 2.70 bits per heavy atom. The number of rotatable bonds is 5. The van der Waals surface area contributed by atoms with Gasteiger partial charge in [0, 0.05) is 24.9 Å². The molecule has 27 heavy (non-hydrogen) atoms. The molecule has 1 fully saturated rings. The van der Waals surface area contributed by atoms with Gasteiger partial charge in [-0.1, -0.05) is 42.5 Å². The van der Waals surface area contributed by atoms with E-state index in [0.717, 1.165) is 30.5 Å². The van der Waals surface area contributed by atoms with Crippen LogP contribution in [0.15, 0.2) is 65.2 Å². The Morgan fingerprint density at radius 2 is 1.93 bits per heavy atom. The van der Waals surface area contributed by atoms with E-state index < -0.39 is 0 Å². The average molecular weight is 364 g/mol. The van der Waals surface area contributed by atoms with Crippen LogP contribution in [0.3, 0.4) is 0 Å². The van der Waals surface area contributed by atoms with Crippen molar-refractivity contribution in [3.05, 3.63) is 78.1 Å². The molecule has 4 nitrogen and oxygen atoms in total. The Morgan fingerprint density at radius 1 is 1.15 bits per heavy atom. The molecular weight excluding hydrogens is 343 g/mol. The highest BCUT2D eigenvalue weighted by Crippen LogP contribution is 2.32. The van der Waals surface area contributed by atoms with Crippen molar-refractivity contribution >= 4 is 5.91 Å². The lowest BCUT2D eigenvalue weighted by Crippen LogP contribution is -2.30. The predicted molar refractivity (Wildman–Crippen MR) is 100 cm³/mol. The normalized spacial score (nSPS) is 16.6. The first-order chi connectivity index (χ1) is 13.2. The molecule has 0 radical (unpaired) electrons. The van der Waals surface area contributed by atoms with Gasteiger partial charge in [-0.25, -0.2) is 9.37 Å². The van der Waals surface area contributed by atoms with Crippen LogP contribution in [0.2, 0.25) is 0 Å². The lowest BCUT2D eigenvalue weighted by Gasteiger charge is -2.25. The summed E-state index contributed by atoms with van der Waals surface area (Å²) < 4.78 is 18.9. The van der Waals surface area contributed by atoms with Crippen molar-refractivity contribution in [1.29, 1.82) is 0 Å². The van der Waals surface area contributed by atoms with Crippen LogP contribution in [0.4, 0.5) is 4.39 Å². The number of halogens is 1. The van der Waals surface area contributed by atoms with Gasteiger partial charge in [0.1, 0.15) is 5.82 Å². The molecule has 1 atom stereocenters. The zero-order valence-corrected chi connectivity index (χ0v) is 15.0. The van der Waals surface area contributed by atoms with Crippen molar-refractivity contribution in [2.45, 2.75) is 31.7 Å². The Bertz CT molecular complexity index is 906. The highest BCUT2D eigenvalue weighted by molar-refractivity contribution is 5.77. The molecule has 0 aliphatic carbocycles. The summed E-state index contributed by atoms with van der Waals surface area (Å²) in [5.74, 6) is 1.11. The van der Waals surface area contributed by atoms with Crippen LogP contribution in [0, 0.1) is 5.82 Å². The number of carbonyl (C=O) groups is 1. The number of oxazole rings is 1. The number of benzene rings is 2. The van der Waals surface area contributed by atoms with E-state index in [-0.39, 0.29) is 17.8 Å². The maximum atomic E-state index is 13.2. The van der Waals surface area contributed by atoms with Crippen LogP contribution < -0.4 is 0 Å². The number of hydrogen-bond acceptors (Lipinski definition) is 3. The lowest BCUT2D eigenvalue weighted by molar-refractivity contribution is -0.132. The molecule has 0 bridgehead atoms. The third kappa shape index (κ3) is 3.92. The summed E-state index contributed by atoms with van der Waals surface area (Å²) in [6.07, 6.45) is 4.40. The molecule has 0 N–H and O–H groups in total. The third-order valence-corrected chi connectivity index (χ3v) is 4.99. The molecule has 1 aliphatic rings. The van der Waals surface area contributed by atoms with Crippen molar-refractivity contribution in [2.24, 2.45) is 0 Å². The molecule has 138 valence electrons. The minimum absolute atomic E-state index is 0.0301. The molecule has 1 aliphatic heterocycles. The van der Waals surface area contributed by atoms with Crippen molar-refractivity contribution in [2.75, 3.05) is 6.54 Å². The summed E-state index contributed by atoms with van der Waals surface area (Å²) in [5.41, 5.74) is 1.96. The van der Waals surface area contributed by atoms with Gasteiger partial charge in [0.15, 0.2) is 11.7 Å². The lowest BCUT2D eigenvalue weighted by atomic mass is 10.0. The molecular formula is C22H21FN2O2. The first kappa shape index (κ1) is 17.5. The summed E-state index contributed by atoms with van der Waals surface area (Å²) in [5, 5.41) is 0. The molecule has 1 amide bonds. The second kappa shape index (κ2) is 7.74. The number of hydrogen-bond donors (Lipinski definition) is 0. The maximum absolute atomic E-state index is 13.2. The number of aryl methyl sites for hydroxylation is 1. The van der Waals surface area contributed by atoms with Crippen LogP contribution in [0.25, 0.3) is 11.3 Å². The van der Waals surface area contributed by atoms with Gasteiger partial charge < -0.3 is 9.32 Å². The van der Waals surface area contributed by atoms with Crippen LogP contribution in [0.1, 0.15) is 36.8 Å². The SMILES string of the molecule is O=C(CCc1ncc(-c2ccccc2)o1)N1CCC[C@@H]1c1ccc(F)cc1. The number of amides is 1. The molecule has 2 heterocycles. The van der Waals surface area contributed by atoms with Gasteiger partial charge in [-0.3, -0.25) is 4.79 Å². The maximum Gasteiger partial charge on any atom is 0.223 e. The molecule has 3 aromatic rings. The van der Waals surface area contributed by atoms with E-state index in [2.05, 4.69) is 4.98 Å².